The predicted octanol–water partition coefficient (Wildman–Crippen LogP) is 3.90. The lowest BCUT2D eigenvalue weighted by Gasteiger charge is -2.18. The molecule has 1 aromatic carbocycles. The van der Waals surface area contributed by atoms with Crippen molar-refractivity contribution in [3.63, 3.8) is 0 Å². The van der Waals surface area contributed by atoms with Crippen LogP contribution in [0.5, 0.6) is 11.5 Å². The standard InChI is InChI=1S/C21H22FN5O2/c1-4-27-12-17-16(21(27)28)7-8-23-20(17)25-13(2)14-5-6-19(18(22)9-14)29-15-10-24-26(3)11-15/h5-11,13H,4,12H2,1-3H3,(H,23,25)/t13-/m0/s1. The van der Waals surface area contributed by atoms with Crippen LogP contribution in [-0.4, -0.2) is 32.1 Å². The number of anilines is 1. The van der Waals surface area contributed by atoms with Crippen molar-refractivity contribution in [2.24, 2.45) is 7.05 Å². The lowest BCUT2D eigenvalue weighted by molar-refractivity contribution is 0.0787. The fraction of sp³-hybridized carbons (Fsp3) is 0.286. The molecule has 29 heavy (non-hydrogen) atoms. The maximum atomic E-state index is 14.6. The molecule has 3 aromatic rings. The molecule has 0 spiro atoms. The highest BCUT2D eigenvalue weighted by molar-refractivity contribution is 5.99. The van der Waals surface area contributed by atoms with Crippen LogP contribution >= 0.6 is 0 Å². The van der Waals surface area contributed by atoms with Gasteiger partial charge in [0.05, 0.1) is 25.0 Å². The van der Waals surface area contributed by atoms with E-state index in [1.165, 1.54) is 12.3 Å². The zero-order valence-electron chi connectivity index (χ0n) is 16.5. The van der Waals surface area contributed by atoms with Crippen molar-refractivity contribution in [1.29, 1.82) is 0 Å². The topological polar surface area (TPSA) is 72.3 Å². The van der Waals surface area contributed by atoms with Gasteiger partial charge in [-0.25, -0.2) is 9.37 Å². The van der Waals surface area contributed by atoms with Crippen LogP contribution in [0.1, 0.15) is 41.4 Å². The molecule has 0 fully saturated rings. The quantitative estimate of drug-likeness (QED) is 0.685. The fourth-order valence-electron chi connectivity index (χ4n) is 3.40. The van der Waals surface area contributed by atoms with Gasteiger partial charge in [0.1, 0.15) is 5.82 Å². The van der Waals surface area contributed by atoms with Crippen LogP contribution in [-0.2, 0) is 13.6 Å². The molecule has 7 nitrogen and oxygen atoms in total. The maximum absolute atomic E-state index is 14.6. The van der Waals surface area contributed by atoms with Crippen molar-refractivity contribution in [2.45, 2.75) is 26.4 Å². The van der Waals surface area contributed by atoms with Crippen LogP contribution in [0.4, 0.5) is 10.2 Å². The lowest BCUT2D eigenvalue weighted by Crippen LogP contribution is -2.22. The molecule has 1 aliphatic rings. The molecular weight excluding hydrogens is 373 g/mol. The van der Waals surface area contributed by atoms with Gasteiger partial charge in [0.15, 0.2) is 17.3 Å². The van der Waals surface area contributed by atoms with Crippen LogP contribution in [0.15, 0.2) is 42.9 Å². The van der Waals surface area contributed by atoms with Crippen LogP contribution in [0, 0.1) is 5.82 Å². The molecule has 8 heteroatoms. The molecule has 0 radical (unpaired) electrons. The number of nitrogens with one attached hydrogen (secondary N) is 1. The summed E-state index contributed by atoms with van der Waals surface area (Å²) in [7, 11) is 1.77. The number of benzene rings is 1. The Morgan fingerprint density at radius 3 is 2.86 bits per heavy atom. The highest BCUT2D eigenvalue weighted by atomic mass is 19.1. The molecule has 1 aliphatic heterocycles. The van der Waals surface area contributed by atoms with Crippen molar-refractivity contribution in [3.8, 4) is 11.5 Å². The Hall–Kier alpha value is -3.42. The number of fused-ring (bicyclic) bond motifs is 1. The van der Waals surface area contributed by atoms with E-state index in [2.05, 4.69) is 15.4 Å². The van der Waals surface area contributed by atoms with Gasteiger partial charge < -0.3 is 15.0 Å². The third kappa shape index (κ3) is 3.65. The number of carbonyl (C=O) groups is 1. The first kappa shape index (κ1) is 18.9. The first-order chi connectivity index (χ1) is 14.0. The Morgan fingerprint density at radius 1 is 1.34 bits per heavy atom. The Kier molecular flexibility index (Phi) is 4.92. The van der Waals surface area contributed by atoms with E-state index in [9.17, 15) is 9.18 Å². The minimum absolute atomic E-state index is 0.0172. The van der Waals surface area contributed by atoms with E-state index in [0.29, 0.717) is 30.2 Å². The summed E-state index contributed by atoms with van der Waals surface area (Å²) in [6.07, 6.45) is 4.82. The minimum atomic E-state index is -0.460. The van der Waals surface area contributed by atoms with Crippen molar-refractivity contribution in [2.75, 3.05) is 11.9 Å². The molecule has 1 N–H and O–H groups in total. The normalized spacial score (nSPS) is 14.1. The third-order valence-electron chi connectivity index (χ3n) is 5.02. The summed E-state index contributed by atoms with van der Waals surface area (Å²) in [5.74, 6) is 0.814. The second-order valence-electron chi connectivity index (χ2n) is 7.01. The van der Waals surface area contributed by atoms with Gasteiger partial charge in [-0.3, -0.25) is 9.48 Å². The third-order valence-corrected chi connectivity index (χ3v) is 5.02. The van der Waals surface area contributed by atoms with Gasteiger partial charge in [-0.2, -0.15) is 5.10 Å². The first-order valence-corrected chi connectivity index (χ1v) is 9.46. The number of ether oxygens (including phenoxy) is 1. The first-order valence-electron chi connectivity index (χ1n) is 9.46. The van der Waals surface area contributed by atoms with Gasteiger partial charge in [0.25, 0.3) is 5.91 Å². The average molecular weight is 395 g/mol. The number of pyridine rings is 1. The Bertz CT molecular complexity index is 1060. The molecule has 0 saturated heterocycles. The molecule has 2 aromatic heterocycles. The molecule has 150 valence electrons. The zero-order chi connectivity index (χ0) is 20.5. The summed E-state index contributed by atoms with van der Waals surface area (Å²) in [6, 6.07) is 6.38. The summed E-state index contributed by atoms with van der Waals surface area (Å²) in [5.41, 5.74) is 2.29. The maximum Gasteiger partial charge on any atom is 0.254 e. The van der Waals surface area contributed by atoms with E-state index >= 15 is 0 Å². The van der Waals surface area contributed by atoms with Crippen molar-refractivity contribution >= 4 is 11.7 Å². The smallest absolute Gasteiger partial charge is 0.254 e. The number of aryl methyl sites for hydroxylation is 1. The largest absolute Gasteiger partial charge is 0.451 e. The summed E-state index contributed by atoms with van der Waals surface area (Å²) >= 11 is 0. The molecule has 1 amide bonds. The Balaban J connectivity index is 1.52. The summed E-state index contributed by atoms with van der Waals surface area (Å²) in [5, 5.41) is 7.32. The minimum Gasteiger partial charge on any atom is -0.451 e. The number of halogens is 1. The summed E-state index contributed by atoms with van der Waals surface area (Å²) in [6.45, 7) is 5.04. The second kappa shape index (κ2) is 7.54. The number of aromatic nitrogens is 3. The Labute approximate surface area is 168 Å². The number of nitrogens with zero attached hydrogens (tertiary/aromatic N) is 4. The molecule has 0 unspecified atom stereocenters. The van der Waals surface area contributed by atoms with Crippen LogP contribution in [0.3, 0.4) is 0 Å². The van der Waals surface area contributed by atoms with E-state index in [1.54, 1.807) is 47.2 Å². The zero-order valence-corrected chi connectivity index (χ0v) is 16.5. The van der Waals surface area contributed by atoms with E-state index in [1.807, 2.05) is 13.8 Å². The Morgan fingerprint density at radius 2 is 2.17 bits per heavy atom. The molecular formula is C21H22FN5O2. The SMILES string of the molecule is CCN1Cc2c(ccnc2N[C@@H](C)c2ccc(Oc3cnn(C)c3)c(F)c2)C1=O. The molecule has 0 saturated carbocycles. The summed E-state index contributed by atoms with van der Waals surface area (Å²) in [4.78, 5) is 18.5. The molecule has 4 rings (SSSR count). The number of carbonyl (C=O) groups excluding carboxylic acids is 1. The van der Waals surface area contributed by atoms with Gasteiger partial charge in [-0.05, 0) is 37.6 Å². The van der Waals surface area contributed by atoms with Gasteiger partial charge in [0, 0.05) is 30.9 Å². The highest BCUT2D eigenvalue weighted by Crippen LogP contribution is 2.31. The number of rotatable bonds is 6. The van der Waals surface area contributed by atoms with Crippen LogP contribution in [0.2, 0.25) is 0 Å². The molecule has 0 aliphatic carbocycles. The van der Waals surface area contributed by atoms with Crippen molar-refractivity contribution in [3.05, 3.63) is 65.4 Å². The van der Waals surface area contributed by atoms with Crippen molar-refractivity contribution < 1.29 is 13.9 Å². The van der Waals surface area contributed by atoms with Crippen LogP contribution < -0.4 is 10.1 Å². The predicted molar refractivity (Wildman–Crippen MR) is 106 cm³/mol. The highest BCUT2D eigenvalue weighted by Gasteiger charge is 2.29. The van der Waals surface area contributed by atoms with Gasteiger partial charge in [-0.15, -0.1) is 0 Å². The van der Waals surface area contributed by atoms with Crippen molar-refractivity contribution in [1.82, 2.24) is 19.7 Å². The van der Waals surface area contributed by atoms with Gasteiger partial charge >= 0.3 is 0 Å². The fourth-order valence-corrected chi connectivity index (χ4v) is 3.40. The monoisotopic (exact) mass is 395 g/mol. The van der Waals surface area contributed by atoms with E-state index < -0.39 is 5.82 Å². The van der Waals surface area contributed by atoms with E-state index in [4.69, 9.17) is 4.74 Å². The molecule has 1 atom stereocenters. The van der Waals surface area contributed by atoms with Gasteiger partial charge in [0.2, 0.25) is 0 Å². The van der Waals surface area contributed by atoms with E-state index in [-0.39, 0.29) is 17.7 Å². The molecule has 0 bridgehead atoms. The number of hydrogen-bond acceptors (Lipinski definition) is 5. The number of hydrogen-bond donors (Lipinski definition) is 1. The summed E-state index contributed by atoms with van der Waals surface area (Å²) < 4.78 is 21.7. The van der Waals surface area contributed by atoms with Gasteiger partial charge in [-0.1, -0.05) is 6.07 Å². The number of amides is 1. The average Bonchev–Trinajstić information content (AvgIpc) is 3.27. The second-order valence-corrected chi connectivity index (χ2v) is 7.01. The van der Waals surface area contributed by atoms with E-state index in [0.717, 1.165) is 11.1 Å². The lowest BCUT2D eigenvalue weighted by atomic mass is 10.1. The molecule has 3 heterocycles. The van der Waals surface area contributed by atoms with Crippen LogP contribution in [0.25, 0.3) is 0 Å².